The molecule has 2 aromatic carbocycles. The first-order valence-electron chi connectivity index (χ1n) is 8.29. The number of piperazine rings is 1. The van der Waals surface area contributed by atoms with Crippen LogP contribution in [-0.4, -0.2) is 46.5 Å². The highest BCUT2D eigenvalue weighted by molar-refractivity contribution is 5.80. The summed E-state index contributed by atoms with van der Waals surface area (Å²) in [6.45, 7) is 3.63. The first kappa shape index (κ1) is 14.8. The molecule has 5 nitrogen and oxygen atoms in total. The van der Waals surface area contributed by atoms with Crippen LogP contribution < -0.4 is 4.90 Å². The third kappa shape index (κ3) is 2.85. The largest absolute Gasteiger partial charge is 0.368 e. The molecule has 1 fully saturated rings. The van der Waals surface area contributed by atoms with Crippen LogP contribution in [0.3, 0.4) is 0 Å². The van der Waals surface area contributed by atoms with Crippen LogP contribution in [-0.2, 0) is 11.3 Å². The van der Waals surface area contributed by atoms with Crippen LogP contribution in [0.25, 0.3) is 11.0 Å². The lowest BCUT2D eigenvalue weighted by molar-refractivity contribution is -0.132. The van der Waals surface area contributed by atoms with Crippen molar-refractivity contribution in [3.05, 3.63) is 60.9 Å². The van der Waals surface area contributed by atoms with Crippen LogP contribution >= 0.6 is 0 Å². The van der Waals surface area contributed by atoms with Gasteiger partial charge >= 0.3 is 0 Å². The predicted molar refractivity (Wildman–Crippen MR) is 95.0 cm³/mol. The number of nitrogens with zero attached hydrogens (tertiary/aromatic N) is 4. The Bertz CT molecular complexity index is 835. The fourth-order valence-corrected chi connectivity index (χ4v) is 3.23. The van der Waals surface area contributed by atoms with Crippen LogP contribution in [0.2, 0.25) is 0 Å². The van der Waals surface area contributed by atoms with Gasteiger partial charge in [0.05, 0.1) is 17.4 Å². The number of imidazole rings is 1. The lowest BCUT2D eigenvalue weighted by Gasteiger charge is -2.36. The van der Waals surface area contributed by atoms with Gasteiger partial charge in [0.2, 0.25) is 5.91 Å². The summed E-state index contributed by atoms with van der Waals surface area (Å²) in [6.07, 6.45) is 1.75. The average molecular weight is 320 g/mol. The Hall–Kier alpha value is -2.82. The number of para-hydroxylation sites is 3. The maximum atomic E-state index is 12.6. The minimum Gasteiger partial charge on any atom is -0.368 e. The maximum Gasteiger partial charge on any atom is 0.242 e. The summed E-state index contributed by atoms with van der Waals surface area (Å²) in [6, 6.07) is 18.3. The van der Waals surface area contributed by atoms with Gasteiger partial charge in [0.1, 0.15) is 6.54 Å². The van der Waals surface area contributed by atoms with Gasteiger partial charge in [-0.2, -0.15) is 0 Å². The molecule has 1 saturated heterocycles. The number of benzene rings is 2. The first-order chi connectivity index (χ1) is 11.8. The average Bonchev–Trinajstić information content (AvgIpc) is 3.06. The zero-order valence-electron chi connectivity index (χ0n) is 13.5. The second-order valence-electron chi connectivity index (χ2n) is 6.06. The van der Waals surface area contributed by atoms with Gasteiger partial charge in [-0.15, -0.1) is 0 Å². The van der Waals surface area contributed by atoms with Gasteiger partial charge in [0.15, 0.2) is 0 Å². The quantitative estimate of drug-likeness (QED) is 0.744. The van der Waals surface area contributed by atoms with E-state index in [0.717, 1.165) is 37.2 Å². The van der Waals surface area contributed by atoms with E-state index in [1.54, 1.807) is 6.33 Å². The molecule has 3 aromatic rings. The molecule has 0 aliphatic carbocycles. The Morgan fingerprint density at radius 2 is 1.62 bits per heavy atom. The van der Waals surface area contributed by atoms with E-state index in [2.05, 4.69) is 34.1 Å². The molecular weight excluding hydrogens is 300 g/mol. The van der Waals surface area contributed by atoms with Crippen LogP contribution in [0.4, 0.5) is 5.69 Å². The van der Waals surface area contributed by atoms with Crippen molar-refractivity contribution in [3.63, 3.8) is 0 Å². The number of aromatic nitrogens is 2. The topological polar surface area (TPSA) is 41.4 Å². The number of rotatable bonds is 3. The summed E-state index contributed by atoms with van der Waals surface area (Å²) in [5.74, 6) is 0.158. The van der Waals surface area contributed by atoms with Crippen molar-refractivity contribution in [2.24, 2.45) is 0 Å². The monoisotopic (exact) mass is 320 g/mol. The van der Waals surface area contributed by atoms with Crippen molar-refractivity contribution in [1.29, 1.82) is 0 Å². The summed E-state index contributed by atoms with van der Waals surface area (Å²) in [5, 5.41) is 0. The molecule has 0 bridgehead atoms. The van der Waals surface area contributed by atoms with E-state index in [4.69, 9.17) is 0 Å². The van der Waals surface area contributed by atoms with Crippen LogP contribution in [0, 0.1) is 0 Å². The molecule has 4 rings (SSSR count). The SMILES string of the molecule is O=C(Cn1cnc2ccccc21)N1CCN(c2ccccc2)CC1. The Balaban J connectivity index is 1.40. The zero-order chi connectivity index (χ0) is 16.4. The minimum atomic E-state index is 0.158. The van der Waals surface area contributed by atoms with E-state index >= 15 is 0 Å². The highest BCUT2D eigenvalue weighted by Gasteiger charge is 2.21. The second kappa shape index (κ2) is 6.35. The first-order valence-corrected chi connectivity index (χ1v) is 8.29. The molecule has 0 radical (unpaired) electrons. The molecule has 1 aliphatic heterocycles. The van der Waals surface area contributed by atoms with E-state index in [1.165, 1.54) is 5.69 Å². The number of carbonyl (C=O) groups excluding carboxylic acids is 1. The van der Waals surface area contributed by atoms with E-state index in [1.807, 2.05) is 39.8 Å². The second-order valence-corrected chi connectivity index (χ2v) is 6.06. The van der Waals surface area contributed by atoms with Crippen LogP contribution in [0.15, 0.2) is 60.9 Å². The Kier molecular flexibility index (Phi) is 3.91. The van der Waals surface area contributed by atoms with Gasteiger partial charge in [-0.1, -0.05) is 30.3 Å². The van der Waals surface area contributed by atoms with Crippen LogP contribution in [0.5, 0.6) is 0 Å². The lowest BCUT2D eigenvalue weighted by Crippen LogP contribution is -2.49. The summed E-state index contributed by atoms with van der Waals surface area (Å²) in [4.78, 5) is 21.2. The Morgan fingerprint density at radius 3 is 2.42 bits per heavy atom. The fraction of sp³-hybridized carbons (Fsp3) is 0.263. The van der Waals surface area contributed by atoms with Gasteiger partial charge in [-0.05, 0) is 24.3 Å². The van der Waals surface area contributed by atoms with Crippen molar-refractivity contribution in [2.75, 3.05) is 31.1 Å². The van der Waals surface area contributed by atoms with Crippen molar-refractivity contribution >= 4 is 22.6 Å². The number of carbonyl (C=O) groups is 1. The van der Waals surface area contributed by atoms with E-state index in [-0.39, 0.29) is 5.91 Å². The predicted octanol–water partition coefficient (Wildman–Crippen LogP) is 2.39. The molecule has 0 saturated carbocycles. The van der Waals surface area contributed by atoms with E-state index in [9.17, 15) is 4.79 Å². The lowest BCUT2D eigenvalue weighted by atomic mass is 10.2. The third-order valence-corrected chi connectivity index (χ3v) is 4.59. The highest BCUT2D eigenvalue weighted by Crippen LogP contribution is 2.16. The Morgan fingerprint density at radius 1 is 0.917 bits per heavy atom. The van der Waals surface area contributed by atoms with Gasteiger partial charge < -0.3 is 14.4 Å². The maximum absolute atomic E-state index is 12.6. The molecule has 1 aromatic heterocycles. The third-order valence-electron chi connectivity index (χ3n) is 4.59. The summed E-state index contributed by atoms with van der Waals surface area (Å²) >= 11 is 0. The molecule has 0 N–H and O–H groups in total. The molecule has 1 amide bonds. The molecule has 0 spiro atoms. The zero-order valence-corrected chi connectivity index (χ0v) is 13.5. The van der Waals surface area contributed by atoms with Crippen molar-refractivity contribution in [1.82, 2.24) is 14.5 Å². The molecule has 0 unspecified atom stereocenters. The summed E-state index contributed by atoms with van der Waals surface area (Å²) in [5.41, 5.74) is 3.16. The van der Waals surface area contributed by atoms with E-state index < -0.39 is 0 Å². The Labute approximate surface area is 141 Å². The molecule has 24 heavy (non-hydrogen) atoms. The molecule has 122 valence electrons. The summed E-state index contributed by atoms with van der Waals surface area (Å²) < 4.78 is 1.93. The van der Waals surface area contributed by atoms with Gasteiger partial charge in [0.25, 0.3) is 0 Å². The van der Waals surface area contributed by atoms with Crippen LogP contribution in [0.1, 0.15) is 0 Å². The van der Waals surface area contributed by atoms with Crippen molar-refractivity contribution in [2.45, 2.75) is 6.54 Å². The van der Waals surface area contributed by atoms with Gasteiger partial charge in [-0.25, -0.2) is 4.98 Å². The highest BCUT2D eigenvalue weighted by atomic mass is 16.2. The molecule has 5 heteroatoms. The number of hydrogen-bond donors (Lipinski definition) is 0. The normalized spacial score (nSPS) is 15.0. The molecule has 2 heterocycles. The molecular formula is C19H20N4O. The number of hydrogen-bond acceptors (Lipinski definition) is 3. The van der Waals surface area contributed by atoms with Crippen molar-refractivity contribution in [3.8, 4) is 0 Å². The standard InChI is InChI=1S/C19H20N4O/c24-19(14-23-15-20-17-8-4-5-9-18(17)23)22-12-10-21(11-13-22)16-6-2-1-3-7-16/h1-9,15H,10-14H2. The smallest absolute Gasteiger partial charge is 0.242 e. The summed E-state index contributed by atoms with van der Waals surface area (Å²) in [7, 11) is 0. The number of amides is 1. The number of anilines is 1. The van der Waals surface area contributed by atoms with E-state index in [0.29, 0.717) is 6.54 Å². The number of fused-ring (bicyclic) bond motifs is 1. The molecule has 0 atom stereocenters. The molecule has 1 aliphatic rings. The minimum absolute atomic E-state index is 0.158. The fourth-order valence-electron chi connectivity index (χ4n) is 3.23. The van der Waals surface area contributed by atoms with Gasteiger partial charge in [-0.3, -0.25) is 4.79 Å². The van der Waals surface area contributed by atoms with Crippen molar-refractivity contribution < 1.29 is 4.79 Å². The van der Waals surface area contributed by atoms with Gasteiger partial charge in [0, 0.05) is 31.9 Å².